The molecular weight excluding hydrogens is 233 g/mol. The smallest absolute Gasteiger partial charge is 0.272 e. The van der Waals surface area contributed by atoms with Crippen molar-refractivity contribution in [3.05, 3.63) is 48.0 Å². The highest BCUT2D eigenvalue weighted by Gasteiger charge is 2.59. The Morgan fingerprint density at radius 1 is 1.18 bits per heavy atom. The zero-order chi connectivity index (χ0) is 12.7. The van der Waals surface area contributed by atoms with E-state index >= 15 is 0 Å². The summed E-state index contributed by atoms with van der Waals surface area (Å²) in [6.45, 7) is 0. The highest BCUT2D eigenvalue weighted by molar-refractivity contribution is 5.40. The number of rotatable bonds is 1. The summed E-state index contributed by atoms with van der Waals surface area (Å²) in [5, 5.41) is 0. The molecule has 0 aromatic carbocycles. The van der Waals surface area contributed by atoms with Crippen LogP contribution in [0.4, 0.5) is 13.2 Å². The number of allylic oxidation sites excluding steroid dienone is 1. The minimum absolute atomic E-state index is 0.543. The Morgan fingerprint density at radius 3 is 2.35 bits per heavy atom. The first-order chi connectivity index (χ1) is 7.89. The minimum Gasteiger partial charge on any atom is -0.397 e. The van der Waals surface area contributed by atoms with Crippen molar-refractivity contribution >= 4 is 0 Å². The van der Waals surface area contributed by atoms with E-state index in [0.717, 1.165) is 18.5 Å². The third-order valence-corrected chi connectivity index (χ3v) is 2.46. The van der Waals surface area contributed by atoms with Gasteiger partial charge in [0.2, 0.25) is 5.79 Å². The molecule has 4 N–H and O–H groups in total. The Hall–Kier alpha value is -1.89. The van der Waals surface area contributed by atoms with Gasteiger partial charge in [0, 0.05) is 12.4 Å². The van der Waals surface area contributed by atoms with Crippen LogP contribution < -0.4 is 11.5 Å². The molecule has 0 amide bonds. The lowest BCUT2D eigenvalue weighted by atomic mass is 9.86. The van der Waals surface area contributed by atoms with E-state index in [-0.39, 0.29) is 0 Å². The van der Waals surface area contributed by atoms with E-state index in [1.165, 1.54) is 6.07 Å². The van der Waals surface area contributed by atoms with Crippen LogP contribution >= 0.6 is 0 Å². The molecule has 0 saturated carbocycles. The lowest BCUT2D eigenvalue weighted by Crippen LogP contribution is -2.54. The number of hydrogen-bond donors (Lipinski definition) is 2. The van der Waals surface area contributed by atoms with E-state index in [9.17, 15) is 13.2 Å². The molecule has 7 heteroatoms. The SMILES string of the molecule is NC1=C(F)C(F)(c2ncccn2)C(N)(F)C=C1. The molecule has 1 heterocycles. The molecule has 1 aromatic rings. The quantitative estimate of drug-likeness (QED) is 0.719. The summed E-state index contributed by atoms with van der Waals surface area (Å²) in [6.07, 6.45) is 3.82. The Kier molecular flexibility index (Phi) is 2.43. The van der Waals surface area contributed by atoms with Crippen molar-refractivity contribution in [2.24, 2.45) is 11.5 Å². The van der Waals surface area contributed by atoms with Gasteiger partial charge in [-0.25, -0.2) is 23.1 Å². The summed E-state index contributed by atoms with van der Waals surface area (Å²) in [5.41, 5.74) is 6.46. The Bertz CT molecular complexity index is 498. The van der Waals surface area contributed by atoms with Crippen LogP contribution in [0.3, 0.4) is 0 Å². The molecule has 17 heavy (non-hydrogen) atoms. The molecule has 0 radical (unpaired) electrons. The third kappa shape index (κ3) is 1.50. The van der Waals surface area contributed by atoms with Crippen LogP contribution in [0.5, 0.6) is 0 Å². The van der Waals surface area contributed by atoms with E-state index in [2.05, 4.69) is 9.97 Å². The first-order valence-corrected chi connectivity index (χ1v) is 4.69. The van der Waals surface area contributed by atoms with Crippen molar-refractivity contribution in [2.45, 2.75) is 11.5 Å². The van der Waals surface area contributed by atoms with Gasteiger partial charge in [-0.1, -0.05) is 0 Å². The van der Waals surface area contributed by atoms with Gasteiger partial charge in [0.1, 0.15) is 0 Å². The van der Waals surface area contributed by atoms with Gasteiger partial charge in [-0.05, 0) is 18.2 Å². The van der Waals surface area contributed by atoms with Crippen molar-refractivity contribution < 1.29 is 13.2 Å². The predicted octanol–water partition coefficient (Wildman–Crippen LogP) is 0.976. The van der Waals surface area contributed by atoms with Gasteiger partial charge < -0.3 is 5.73 Å². The lowest BCUT2D eigenvalue weighted by molar-refractivity contribution is -0.00399. The standard InChI is InChI=1S/C10H9F3N4/c11-7-6(14)2-3-9(12,15)10(7,13)8-16-4-1-5-17-8/h1-5H,14-15H2. The minimum atomic E-state index is -3.31. The summed E-state index contributed by atoms with van der Waals surface area (Å²) in [7, 11) is 0. The summed E-state index contributed by atoms with van der Waals surface area (Å²) < 4.78 is 42.2. The molecule has 2 unspecified atom stereocenters. The number of nitrogens with zero attached hydrogens (tertiary/aromatic N) is 2. The maximum atomic E-state index is 14.5. The Morgan fingerprint density at radius 2 is 1.76 bits per heavy atom. The molecule has 0 fully saturated rings. The first-order valence-electron chi connectivity index (χ1n) is 4.69. The number of halogens is 3. The first kappa shape index (κ1) is 11.6. The van der Waals surface area contributed by atoms with E-state index in [4.69, 9.17) is 11.5 Å². The molecule has 2 rings (SSSR count). The van der Waals surface area contributed by atoms with Crippen molar-refractivity contribution in [1.29, 1.82) is 0 Å². The van der Waals surface area contributed by atoms with Gasteiger partial charge in [0.15, 0.2) is 11.7 Å². The molecule has 1 aromatic heterocycles. The predicted molar refractivity (Wildman–Crippen MR) is 54.3 cm³/mol. The van der Waals surface area contributed by atoms with Crippen LogP contribution in [-0.2, 0) is 5.67 Å². The van der Waals surface area contributed by atoms with Gasteiger partial charge >= 0.3 is 0 Å². The number of alkyl halides is 2. The van der Waals surface area contributed by atoms with Crippen molar-refractivity contribution in [2.75, 3.05) is 0 Å². The second kappa shape index (κ2) is 3.56. The van der Waals surface area contributed by atoms with Crippen molar-refractivity contribution in [3.8, 4) is 0 Å². The van der Waals surface area contributed by atoms with Crippen molar-refractivity contribution in [3.63, 3.8) is 0 Å². The Labute approximate surface area is 94.9 Å². The highest BCUT2D eigenvalue weighted by atomic mass is 19.2. The zero-order valence-corrected chi connectivity index (χ0v) is 8.57. The summed E-state index contributed by atoms with van der Waals surface area (Å²) in [6, 6.07) is 1.38. The van der Waals surface area contributed by atoms with Crippen molar-refractivity contribution in [1.82, 2.24) is 9.97 Å². The maximum absolute atomic E-state index is 14.5. The van der Waals surface area contributed by atoms with Gasteiger partial charge in [-0.2, -0.15) is 0 Å². The molecule has 0 saturated heterocycles. The molecule has 90 valence electrons. The fourth-order valence-electron chi connectivity index (χ4n) is 1.51. The topological polar surface area (TPSA) is 77.8 Å². The number of nitrogens with two attached hydrogens (primary N) is 2. The number of aromatic nitrogens is 2. The summed E-state index contributed by atoms with van der Waals surface area (Å²) in [5.74, 6) is -5.34. The van der Waals surface area contributed by atoms with Gasteiger partial charge in [-0.15, -0.1) is 0 Å². The molecule has 0 spiro atoms. The van der Waals surface area contributed by atoms with E-state index < -0.39 is 28.8 Å². The molecule has 0 aliphatic heterocycles. The lowest BCUT2D eigenvalue weighted by Gasteiger charge is -2.34. The molecule has 0 bridgehead atoms. The second-order valence-corrected chi connectivity index (χ2v) is 3.60. The van der Waals surface area contributed by atoms with Crippen LogP contribution in [-0.4, -0.2) is 15.8 Å². The van der Waals surface area contributed by atoms with Crippen LogP contribution in [0.15, 0.2) is 42.1 Å². The third-order valence-electron chi connectivity index (χ3n) is 2.46. The fraction of sp³-hybridized carbons (Fsp3) is 0.200. The van der Waals surface area contributed by atoms with E-state index in [0.29, 0.717) is 6.08 Å². The molecular formula is C10H9F3N4. The Balaban J connectivity index is 2.66. The largest absolute Gasteiger partial charge is 0.397 e. The maximum Gasteiger partial charge on any atom is 0.272 e. The monoisotopic (exact) mass is 242 g/mol. The molecule has 1 aliphatic rings. The summed E-state index contributed by atoms with van der Waals surface area (Å²) >= 11 is 0. The highest BCUT2D eigenvalue weighted by Crippen LogP contribution is 2.46. The zero-order valence-electron chi connectivity index (χ0n) is 8.57. The average molecular weight is 242 g/mol. The van der Waals surface area contributed by atoms with Crippen LogP contribution in [0.2, 0.25) is 0 Å². The molecule has 1 aliphatic carbocycles. The van der Waals surface area contributed by atoms with Crippen LogP contribution in [0.1, 0.15) is 5.82 Å². The van der Waals surface area contributed by atoms with Crippen LogP contribution in [0.25, 0.3) is 0 Å². The van der Waals surface area contributed by atoms with E-state index in [1.807, 2.05) is 0 Å². The summed E-state index contributed by atoms with van der Waals surface area (Å²) in [4.78, 5) is 6.97. The number of hydrogen-bond acceptors (Lipinski definition) is 4. The molecule has 2 atom stereocenters. The van der Waals surface area contributed by atoms with E-state index in [1.54, 1.807) is 0 Å². The van der Waals surface area contributed by atoms with Gasteiger partial charge in [0.25, 0.3) is 5.67 Å². The van der Waals surface area contributed by atoms with Crippen LogP contribution in [0, 0.1) is 0 Å². The fourth-order valence-corrected chi connectivity index (χ4v) is 1.51. The van der Waals surface area contributed by atoms with Gasteiger partial charge in [-0.3, -0.25) is 5.73 Å². The normalized spacial score (nSPS) is 32.9. The molecule has 4 nitrogen and oxygen atoms in total. The average Bonchev–Trinajstić information content (AvgIpc) is 2.33. The second-order valence-electron chi connectivity index (χ2n) is 3.60. The van der Waals surface area contributed by atoms with Gasteiger partial charge in [0.05, 0.1) is 5.70 Å².